The van der Waals surface area contributed by atoms with Crippen LogP contribution in [0.1, 0.15) is 5.69 Å². The summed E-state index contributed by atoms with van der Waals surface area (Å²) in [5.41, 5.74) is 2.23. The lowest BCUT2D eigenvalue weighted by atomic mass is 10.1. The number of benzene rings is 1. The molecule has 1 aliphatic heterocycles. The number of nitrogens with zero attached hydrogens (tertiary/aromatic N) is 1. The largest absolute Gasteiger partial charge is 0.319 e. The Bertz CT molecular complexity index is 606. The van der Waals surface area contributed by atoms with E-state index < -0.39 is 0 Å². The third-order valence-electron chi connectivity index (χ3n) is 3.13. The molecule has 0 spiro atoms. The average molecular weight is 261 g/mol. The van der Waals surface area contributed by atoms with Crippen molar-refractivity contribution in [3.05, 3.63) is 40.3 Å². The highest BCUT2D eigenvalue weighted by molar-refractivity contribution is 7.98. The molecule has 0 aliphatic carbocycles. The Balaban J connectivity index is 1.74. The highest BCUT2D eigenvalue weighted by Gasteiger charge is 2.16. The van der Waals surface area contributed by atoms with Gasteiger partial charge in [-0.2, -0.15) is 11.8 Å². The molecule has 0 unspecified atom stereocenters. The molecule has 2 aromatic rings. The second-order valence-electron chi connectivity index (χ2n) is 4.57. The first kappa shape index (κ1) is 11.7. The van der Waals surface area contributed by atoms with Crippen LogP contribution in [0.5, 0.6) is 0 Å². The highest BCUT2D eigenvalue weighted by atomic mass is 32.2. The van der Waals surface area contributed by atoms with E-state index in [1.165, 1.54) is 0 Å². The number of fused-ring (bicyclic) bond motifs is 1. The van der Waals surface area contributed by atoms with E-state index in [2.05, 4.69) is 15.3 Å². The van der Waals surface area contributed by atoms with E-state index in [-0.39, 0.29) is 5.56 Å². The van der Waals surface area contributed by atoms with Gasteiger partial charge in [0, 0.05) is 5.75 Å². The zero-order chi connectivity index (χ0) is 12.4. The van der Waals surface area contributed by atoms with Crippen molar-refractivity contribution in [3.63, 3.8) is 0 Å². The Kier molecular flexibility index (Phi) is 3.34. The minimum atomic E-state index is -0.0621. The summed E-state index contributed by atoms with van der Waals surface area (Å²) < 4.78 is 0. The zero-order valence-electron chi connectivity index (χ0n) is 9.98. The molecule has 0 atom stereocenters. The van der Waals surface area contributed by atoms with E-state index in [0.29, 0.717) is 11.4 Å². The molecular weight excluding hydrogens is 246 g/mol. The number of hydrogen-bond acceptors (Lipinski definition) is 4. The first-order valence-electron chi connectivity index (χ1n) is 6.09. The predicted octanol–water partition coefficient (Wildman–Crippen LogP) is 1.38. The van der Waals surface area contributed by atoms with E-state index in [4.69, 9.17) is 0 Å². The predicted molar refractivity (Wildman–Crippen MR) is 74.9 cm³/mol. The minimum absolute atomic E-state index is 0.0621. The normalized spacial score (nSPS) is 15.8. The van der Waals surface area contributed by atoms with E-state index in [0.717, 1.165) is 35.8 Å². The van der Waals surface area contributed by atoms with E-state index >= 15 is 0 Å². The molecule has 0 amide bonds. The van der Waals surface area contributed by atoms with Gasteiger partial charge in [0.25, 0.3) is 5.56 Å². The maximum atomic E-state index is 11.8. The number of aromatic amines is 1. The summed E-state index contributed by atoms with van der Waals surface area (Å²) in [5.74, 6) is 2.55. The van der Waals surface area contributed by atoms with Gasteiger partial charge in [0.05, 0.1) is 11.0 Å². The van der Waals surface area contributed by atoms with Crippen molar-refractivity contribution in [3.8, 4) is 0 Å². The van der Waals surface area contributed by atoms with Gasteiger partial charge in [-0.15, -0.1) is 0 Å². The topological polar surface area (TPSA) is 57.8 Å². The van der Waals surface area contributed by atoms with Crippen molar-refractivity contribution in [2.75, 3.05) is 18.8 Å². The first-order chi connectivity index (χ1) is 8.83. The second kappa shape index (κ2) is 5.12. The van der Waals surface area contributed by atoms with Crippen molar-refractivity contribution in [1.29, 1.82) is 0 Å². The van der Waals surface area contributed by atoms with Crippen LogP contribution in [0.3, 0.4) is 0 Å². The number of hydrogen-bond donors (Lipinski definition) is 2. The summed E-state index contributed by atoms with van der Waals surface area (Å²) in [6.07, 6.45) is 0. The van der Waals surface area contributed by atoms with Gasteiger partial charge in [0.15, 0.2) is 0 Å². The van der Waals surface area contributed by atoms with Crippen molar-refractivity contribution in [1.82, 2.24) is 15.3 Å². The Labute approximate surface area is 109 Å². The molecule has 0 saturated carbocycles. The number of H-pyrrole nitrogens is 1. The van der Waals surface area contributed by atoms with Gasteiger partial charge in [-0.1, -0.05) is 12.1 Å². The van der Waals surface area contributed by atoms with E-state index in [1.54, 1.807) is 11.8 Å². The molecule has 0 bridgehead atoms. The van der Waals surface area contributed by atoms with Gasteiger partial charge in [-0.25, -0.2) is 4.98 Å². The van der Waals surface area contributed by atoms with Crippen molar-refractivity contribution < 1.29 is 0 Å². The number of nitrogens with one attached hydrogen (secondary N) is 2. The van der Waals surface area contributed by atoms with Crippen LogP contribution >= 0.6 is 11.8 Å². The van der Waals surface area contributed by atoms with Crippen LogP contribution in [-0.4, -0.2) is 28.8 Å². The molecule has 1 fully saturated rings. The van der Waals surface area contributed by atoms with Crippen LogP contribution in [0, 0.1) is 5.92 Å². The summed E-state index contributed by atoms with van der Waals surface area (Å²) in [4.78, 5) is 19.2. The molecule has 18 heavy (non-hydrogen) atoms. The van der Waals surface area contributed by atoms with Crippen LogP contribution in [-0.2, 0) is 5.75 Å². The van der Waals surface area contributed by atoms with Crippen molar-refractivity contribution in [2.24, 2.45) is 5.92 Å². The molecule has 1 saturated heterocycles. The average Bonchev–Trinajstić information content (AvgIpc) is 2.32. The minimum Gasteiger partial charge on any atom is -0.319 e. The molecule has 94 valence electrons. The SMILES string of the molecule is O=c1[nH]c2ccccc2nc1CSCC1CNC1. The Morgan fingerprint density at radius 2 is 2.17 bits per heavy atom. The highest BCUT2D eigenvalue weighted by Crippen LogP contribution is 2.16. The van der Waals surface area contributed by atoms with Crippen LogP contribution in [0.2, 0.25) is 0 Å². The summed E-state index contributed by atoms with van der Waals surface area (Å²) in [7, 11) is 0. The standard InChI is InChI=1S/C13H15N3OS/c17-13-12(8-18-7-9-5-14-6-9)15-10-3-1-2-4-11(10)16-13/h1-4,9,14H,5-8H2,(H,16,17). The maximum Gasteiger partial charge on any atom is 0.270 e. The zero-order valence-corrected chi connectivity index (χ0v) is 10.8. The summed E-state index contributed by atoms with van der Waals surface area (Å²) >= 11 is 1.79. The third-order valence-corrected chi connectivity index (χ3v) is 4.31. The molecule has 1 aromatic heterocycles. The van der Waals surface area contributed by atoms with Gasteiger partial charge >= 0.3 is 0 Å². The fourth-order valence-corrected chi connectivity index (χ4v) is 3.03. The Hall–Kier alpha value is -1.33. The molecule has 2 heterocycles. The monoisotopic (exact) mass is 261 g/mol. The van der Waals surface area contributed by atoms with Crippen molar-refractivity contribution >= 4 is 22.8 Å². The molecule has 2 N–H and O–H groups in total. The van der Waals surface area contributed by atoms with Crippen LogP contribution in [0.4, 0.5) is 0 Å². The van der Waals surface area contributed by atoms with E-state index in [1.807, 2.05) is 24.3 Å². The fourth-order valence-electron chi connectivity index (χ4n) is 1.95. The van der Waals surface area contributed by atoms with Gasteiger partial charge in [-0.3, -0.25) is 4.79 Å². The van der Waals surface area contributed by atoms with E-state index in [9.17, 15) is 4.79 Å². The molecule has 1 aliphatic rings. The molecule has 1 aromatic carbocycles. The van der Waals surface area contributed by atoms with Gasteiger partial charge in [-0.05, 0) is 36.9 Å². The molecule has 5 heteroatoms. The number of aromatic nitrogens is 2. The number of rotatable bonds is 4. The van der Waals surface area contributed by atoms with Gasteiger partial charge in [0.2, 0.25) is 0 Å². The van der Waals surface area contributed by atoms with Crippen LogP contribution < -0.4 is 10.9 Å². The van der Waals surface area contributed by atoms with Crippen LogP contribution in [0.15, 0.2) is 29.1 Å². The molecular formula is C13H15N3OS. The smallest absolute Gasteiger partial charge is 0.270 e. The summed E-state index contributed by atoms with van der Waals surface area (Å²) in [5, 5.41) is 3.25. The Morgan fingerprint density at radius 1 is 1.33 bits per heavy atom. The van der Waals surface area contributed by atoms with Gasteiger partial charge in [0.1, 0.15) is 5.69 Å². The fraction of sp³-hybridized carbons (Fsp3) is 0.385. The third kappa shape index (κ3) is 2.42. The Morgan fingerprint density at radius 3 is 2.94 bits per heavy atom. The first-order valence-corrected chi connectivity index (χ1v) is 7.25. The molecule has 4 nitrogen and oxygen atoms in total. The number of thioether (sulfide) groups is 1. The summed E-state index contributed by atoms with van der Waals surface area (Å²) in [6, 6.07) is 7.64. The molecule has 0 radical (unpaired) electrons. The lowest BCUT2D eigenvalue weighted by Crippen LogP contribution is -2.43. The maximum absolute atomic E-state index is 11.8. The van der Waals surface area contributed by atoms with Crippen molar-refractivity contribution in [2.45, 2.75) is 5.75 Å². The second-order valence-corrected chi connectivity index (χ2v) is 5.60. The van der Waals surface area contributed by atoms with Crippen LogP contribution in [0.25, 0.3) is 11.0 Å². The number of para-hydroxylation sites is 2. The van der Waals surface area contributed by atoms with Gasteiger partial charge < -0.3 is 10.3 Å². The lowest BCUT2D eigenvalue weighted by molar-refractivity contribution is 0.385. The molecule has 3 rings (SSSR count). The summed E-state index contributed by atoms with van der Waals surface area (Å²) in [6.45, 7) is 2.21. The lowest BCUT2D eigenvalue weighted by Gasteiger charge is -2.26. The quantitative estimate of drug-likeness (QED) is 0.873.